The van der Waals surface area contributed by atoms with Gasteiger partial charge in [0.05, 0.1) is 5.75 Å². The lowest BCUT2D eigenvalue weighted by molar-refractivity contribution is 0.391. The quantitative estimate of drug-likeness (QED) is 0.802. The molecule has 0 saturated heterocycles. The maximum atomic E-state index is 12.0. The van der Waals surface area contributed by atoms with Crippen molar-refractivity contribution >= 4 is 33.2 Å². The lowest BCUT2D eigenvalue weighted by Gasteiger charge is -2.26. The van der Waals surface area contributed by atoms with E-state index in [1.807, 2.05) is 13.8 Å². The number of nitrogens with one attached hydrogen (secondary N) is 1. The summed E-state index contributed by atoms with van der Waals surface area (Å²) >= 11 is 11.7. The fourth-order valence-electron chi connectivity index (χ4n) is 1.72. The molecule has 0 aliphatic rings. The van der Waals surface area contributed by atoms with Crippen LogP contribution in [0.2, 0.25) is 10.0 Å². The zero-order chi connectivity index (χ0) is 15.4. The summed E-state index contributed by atoms with van der Waals surface area (Å²) in [5, 5.41) is 0.830. The van der Waals surface area contributed by atoms with Gasteiger partial charge in [-0.15, -0.1) is 0 Å². The molecule has 0 saturated carbocycles. The average molecular weight is 339 g/mol. The van der Waals surface area contributed by atoms with E-state index >= 15 is 0 Å². The second-order valence-corrected chi connectivity index (χ2v) is 7.61. The number of halogens is 2. The Labute approximate surface area is 130 Å². The molecule has 0 aromatic heterocycles. The minimum Gasteiger partial charge on any atom is -0.324 e. The first-order valence-corrected chi connectivity index (χ1v) is 8.81. The van der Waals surface area contributed by atoms with E-state index in [9.17, 15) is 8.42 Å². The first-order chi connectivity index (χ1) is 9.19. The Hall–Kier alpha value is -0.330. The minimum atomic E-state index is -3.47. The Morgan fingerprint density at radius 1 is 1.15 bits per heavy atom. The maximum Gasteiger partial charge on any atom is 0.215 e. The SMILES string of the molecule is CCC(N)(CC)CNS(=O)(=O)Cc1cc(Cl)cc(Cl)c1. The van der Waals surface area contributed by atoms with Crippen LogP contribution in [0, 0.1) is 0 Å². The Kier molecular flexibility index (Phi) is 6.28. The molecular weight excluding hydrogens is 319 g/mol. The van der Waals surface area contributed by atoms with Crippen LogP contribution in [-0.4, -0.2) is 20.5 Å². The first kappa shape index (κ1) is 17.7. The van der Waals surface area contributed by atoms with Crippen LogP contribution in [0.1, 0.15) is 32.3 Å². The van der Waals surface area contributed by atoms with E-state index in [1.54, 1.807) is 18.2 Å². The van der Waals surface area contributed by atoms with Gasteiger partial charge in [-0.1, -0.05) is 37.0 Å². The number of benzene rings is 1. The molecule has 0 unspecified atom stereocenters. The summed E-state index contributed by atoms with van der Waals surface area (Å²) in [7, 11) is -3.47. The lowest BCUT2D eigenvalue weighted by atomic mass is 9.95. The van der Waals surface area contributed by atoms with Gasteiger partial charge in [-0.25, -0.2) is 13.1 Å². The summed E-state index contributed by atoms with van der Waals surface area (Å²) < 4.78 is 26.6. The van der Waals surface area contributed by atoms with Gasteiger partial charge >= 0.3 is 0 Å². The predicted octanol–water partition coefficient (Wildman–Crippen LogP) is 2.93. The molecule has 0 amide bonds. The molecular formula is C13H20Cl2N2O2S. The molecule has 4 nitrogen and oxygen atoms in total. The van der Waals surface area contributed by atoms with Crippen molar-refractivity contribution in [2.24, 2.45) is 5.73 Å². The van der Waals surface area contributed by atoms with Gasteiger partial charge in [-0.3, -0.25) is 0 Å². The smallest absolute Gasteiger partial charge is 0.215 e. The third-order valence-electron chi connectivity index (χ3n) is 3.33. The normalized spacial score (nSPS) is 12.7. The molecule has 0 bridgehead atoms. The van der Waals surface area contributed by atoms with Crippen molar-refractivity contribution in [3.8, 4) is 0 Å². The Balaban J connectivity index is 2.75. The standard InChI is InChI=1S/C13H20Cl2N2O2S/c1-3-13(16,4-2)9-17-20(18,19)8-10-5-11(14)7-12(15)6-10/h5-7,17H,3-4,8-9,16H2,1-2H3. The summed E-state index contributed by atoms with van der Waals surface area (Å²) in [6, 6.07) is 4.73. The van der Waals surface area contributed by atoms with Crippen molar-refractivity contribution in [1.29, 1.82) is 0 Å². The zero-order valence-electron chi connectivity index (χ0n) is 11.6. The second-order valence-electron chi connectivity index (χ2n) is 4.93. The molecule has 0 radical (unpaired) electrons. The van der Waals surface area contributed by atoms with Crippen LogP contribution in [0.15, 0.2) is 18.2 Å². The van der Waals surface area contributed by atoms with E-state index in [1.165, 1.54) is 0 Å². The molecule has 1 aromatic carbocycles. The van der Waals surface area contributed by atoms with E-state index in [0.29, 0.717) is 28.5 Å². The van der Waals surface area contributed by atoms with Gasteiger partial charge in [0.2, 0.25) is 10.0 Å². The molecule has 114 valence electrons. The van der Waals surface area contributed by atoms with Crippen molar-refractivity contribution in [3.05, 3.63) is 33.8 Å². The summed E-state index contributed by atoms with van der Waals surface area (Å²) in [4.78, 5) is 0. The van der Waals surface area contributed by atoms with Gasteiger partial charge in [0.15, 0.2) is 0 Å². The molecule has 0 atom stereocenters. The topological polar surface area (TPSA) is 72.2 Å². The third kappa shape index (κ3) is 5.58. The Morgan fingerprint density at radius 3 is 2.10 bits per heavy atom. The highest BCUT2D eigenvalue weighted by atomic mass is 35.5. The van der Waals surface area contributed by atoms with Gasteiger partial charge in [0.1, 0.15) is 0 Å². The summed E-state index contributed by atoms with van der Waals surface area (Å²) in [6.07, 6.45) is 1.41. The van der Waals surface area contributed by atoms with E-state index in [4.69, 9.17) is 28.9 Å². The molecule has 20 heavy (non-hydrogen) atoms. The highest BCUT2D eigenvalue weighted by Crippen LogP contribution is 2.20. The lowest BCUT2D eigenvalue weighted by Crippen LogP contribution is -2.49. The van der Waals surface area contributed by atoms with E-state index in [2.05, 4.69) is 4.72 Å². The van der Waals surface area contributed by atoms with Crippen molar-refractivity contribution in [3.63, 3.8) is 0 Å². The van der Waals surface area contributed by atoms with Gasteiger partial charge in [-0.2, -0.15) is 0 Å². The minimum absolute atomic E-state index is 0.170. The van der Waals surface area contributed by atoms with Crippen LogP contribution in [0.3, 0.4) is 0 Å². The van der Waals surface area contributed by atoms with Crippen LogP contribution in [0.4, 0.5) is 0 Å². The van der Waals surface area contributed by atoms with Crippen LogP contribution in [0.5, 0.6) is 0 Å². The second kappa shape index (κ2) is 7.09. The van der Waals surface area contributed by atoms with Gasteiger partial charge in [0, 0.05) is 22.1 Å². The number of nitrogens with two attached hydrogens (primary N) is 1. The Bertz CT molecular complexity index is 537. The van der Waals surface area contributed by atoms with E-state index in [-0.39, 0.29) is 12.3 Å². The molecule has 0 fully saturated rings. The van der Waals surface area contributed by atoms with Crippen LogP contribution >= 0.6 is 23.2 Å². The van der Waals surface area contributed by atoms with Crippen LogP contribution in [-0.2, 0) is 15.8 Å². The van der Waals surface area contributed by atoms with Crippen molar-refractivity contribution in [2.45, 2.75) is 38.0 Å². The average Bonchev–Trinajstić information content (AvgIpc) is 2.34. The predicted molar refractivity (Wildman–Crippen MR) is 84.6 cm³/mol. The summed E-state index contributed by atoms with van der Waals surface area (Å²) in [5.74, 6) is -0.170. The molecule has 1 rings (SSSR count). The molecule has 0 aliphatic heterocycles. The number of sulfonamides is 1. The molecule has 1 aromatic rings. The van der Waals surface area contributed by atoms with E-state index in [0.717, 1.165) is 0 Å². The van der Waals surface area contributed by atoms with Crippen LogP contribution < -0.4 is 10.5 Å². The molecule has 0 spiro atoms. The van der Waals surface area contributed by atoms with Crippen LogP contribution in [0.25, 0.3) is 0 Å². The van der Waals surface area contributed by atoms with Gasteiger partial charge in [-0.05, 0) is 36.6 Å². The zero-order valence-corrected chi connectivity index (χ0v) is 13.9. The highest BCUT2D eigenvalue weighted by Gasteiger charge is 2.23. The maximum absolute atomic E-state index is 12.0. The summed E-state index contributed by atoms with van der Waals surface area (Å²) in [5.41, 5.74) is 6.11. The highest BCUT2D eigenvalue weighted by molar-refractivity contribution is 7.88. The van der Waals surface area contributed by atoms with Crippen molar-refractivity contribution in [2.75, 3.05) is 6.54 Å². The molecule has 3 N–H and O–H groups in total. The fraction of sp³-hybridized carbons (Fsp3) is 0.538. The number of rotatable bonds is 7. The molecule has 7 heteroatoms. The van der Waals surface area contributed by atoms with Crippen molar-refractivity contribution < 1.29 is 8.42 Å². The first-order valence-electron chi connectivity index (χ1n) is 6.41. The van der Waals surface area contributed by atoms with Gasteiger partial charge in [0.25, 0.3) is 0 Å². The van der Waals surface area contributed by atoms with E-state index < -0.39 is 15.6 Å². The number of hydrogen-bond donors (Lipinski definition) is 2. The van der Waals surface area contributed by atoms with Crippen molar-refractivity contribution in [1.82, 2.24) is 4.72 Å². The van der Waals surface area contributed by atoms with Gasteiger partial charge < -0.3 is 5.73 Å². The molecule has 0 aliphatic carbocycles. The summed E-state index contributed by atoms with van der Waals surface area (Å²) in [6.45, 7) is 4.10. The molecule has 0 heterocycles. The largest absolute Gasteiger partial charge is 0.324 e. The number of hydrogen-bond acceptors (Lipinski definition) is 3. The third-order valence-corrected chi connectivity index (χ3v) is 5.07. The fourth-order valence-corrected chi connectivity index (χ4v) is 3.50. The Morgan fingerprint density at radius 2 is 1.65 bits per heavy atom. The monoisotopic (exact) mass is 338 g/mol.